The van der Waals surface area contributed by atoms with Gasteiger partial charge in [0.15, 0.2) is 0 Å². The zero-order valence-electron chi connectivity index (χ0n) is 17.2. The third-order valence-corrected chi connectivity index (χ3v) is 3.41. The van der Waals surface area contributed by atoms with Crippen LogP contribution in [0.25, 0.3) is 0 Å². The second-order valence-electron chi connectivity index (χ2n) is 5.21. The Bertz CT molecular complexity index is 508. The molecule has 27 heavy (non-hydrogen) atoms. The Balaban J connectivity index is 0.00000158. The number of hydrogen-bond donors (Lipinski definition) is 3. The molecular weight excluding hydrogens is 348 g/mol. The molecule has 4 N–H and O–H groups in total. The van der Waals surface area contributed by atoms with E-state index in [0.29, 0.717) is 44.4 Å². The van der Waals surface area contributed by atoms with Gasteiger partial charge >= 0.3 is 0 Å². The third-order valence-electron chi connectivity index (χ3n) is 3.41. The van der Waals surface area contributed by atoms with Gasteiger partial charge in [0.25, 0.3) is 0 Å². The molecule has 2 rings (SSSR count). The number of aliphatic hydroxyl groups is 1. The number of carbonyl (C=O) groups is 1. The van der Waals surface area contributed by atoms with Crippen molar-refractivity contribution in [2.24, 2.45) is 0 Å². The Kier molecular flexibility index (Phi) is 14.9. The van der Waals surface area contributed by atoms with Gasteiger partial charge in [-0.05, 0) is 6.42 Å². The minimum absolute atomic E-state index is 0.0558. The van der Waals surface area contributed by atoms with E-state index < -0.39 is 0 Å². The van der Waals surface area contributed by atoms with Gasteiger partial charge in [0.1, 0.15) is 5.82 Å². The zero-order valence-corrected chi connectivity index (χ0v) is 17.2. The summed E-state index contributed by atoms with van der Waals surface area (Å²) in [6, 6.07) is 3.67. The summed E-state index contributed by atoms with van der Waals surface area (Å²) in [6.07, 6.45) is 0.916. The van der Waals surface area contributed by atoms with Crippen LogP contribution in [0.2, 0.25) is 0 Å². The normalized spacial score (nSPS) is 12.9. The molecule has 156 valence electrons. The highest BCUT2D eigenvalue weighted by atomic mass is 16.5. The lowest BCUT2D eigenvalue weighted by molar-refractivity contribution is -0.121. The van der Waals surface area contributed by atoms with E-state index in [2.05, 4.69) is 15.2 Å². The molecule has 8 nitrogen and oxygen atoms in total. The van der Waals surface area contributed by atoms with Crippen molar-refractivity contribution in [1.82, 2.24) is 10.3 Å². The van der Waals surface area contributed by atoms with Gasteiger partial charge in [0.2, 0.25) is 11.8 Å². The molecule has 0 bridgehead atoms. The van der Waals surface area contributed by atoms with E-state index in [1.165, 1.54) is 0 Å². The van der Waals surface area contributed by atoms with Crippen molar-refractivity contribution in [3.05, 3.63) is 12.1 Å². The number of carbonyl (C=O) groups excluding carboxylic acids is 1. The summed E-state index contributed by atoms with van der Waals surface area (Å²) < 4.78 is 10.9. The number of rotatable bonds is 8. The van der Waals surface area contributed by atoms with Gasteiger partial charge in [-0.2, -0.15) is 4.98 Å². The van der Waals surface area contributed by atoms with Gasteiger partial charge in [-0.1, -0.05) is 27.7 Å². The maximum absolute atomic E-state index is 11.4. The maximum Gasteiger partial charge on any atom is 0.220 e. The topological polar surface area (TPSA) is 110 Å². The molecule has 0 atom stereocenters. The molecule has 1 fully saturated rings. The van der Waals surface area contributed by atoms with Crippen LogP contribution < -0.4 is 20.7 Å². The average molecular weight is 385 g/mol. The van der Waals surface area contributed by atoms with Crippen LogP contribution in [0.4, 0.5) is 11.5 Å². The highest BCUT2D eigenvalue weighted by molar-refractivity contribution is 5.75. The molecule has 0 unspecified atom stereocenters. The van der Waals surface area contributed by atoms with Crippen LogP contribution in [0, 0.1) is 0 Å². The van der Waals surface area contributed by atoms with Crippen LogP contribution in [0.3, 0.4) is 0 Å². The quantitative estimate of drug-likeness (QED) is 0.586. The van der Waals surface area contributed by atoms with Crippen LogP contribution >= 0.6 is 0 Å². The molecule has 2 heterocycles. The number of aliphatic hydroxyl groups excluding tert-OH is 1. The SMILES string of the molecule is CC.CC.Nc1cc(N2CCOCC2)cc(OCCCC(=O)NCCO)n1. The van der Waals surface area contributed by atoms with Gasteiger partial charge in [0.05, 0.1) is 26.4 Å². The number of aromatic nitrogens is 1. The molecule has 0 saturated carbocycles. The summed E-state index contributed by atoms with van der Waals surface area (Å²) in [5.74, 6) is 0.768. The number of morpholine rings is 1. The van der Waals surface area contributed by atoms with E-state index in [-0.39, 0.29) is 19.1 Å². The van der Waals surface area contributed by atoms with Crippen LogP contribution in [0.1, 0.15) is 40.5 Å². The Morgan fingerprint density at radius 2 is 1.96 bits per heavy atom. The largest absolute Gasteiger partial charge is 0.478 e. The van der Waals surface area contributed by atoms with Crippen molar-refractivity contribution in [2.45, 2.75) is 40.5 Å². The molecule has 0 aliphatic carbocycles. The van der Waals surface area contributed by atoms with E-state index in [4.69, 9.17) is 20.3 Å². The molecular formula is C19H36N4O4. The minimum Gasteiger partial charge on any atom is -0.478 e. The van der Waals surface area contributed by atoms with Gasteiger partial charge < -0.3 is 30.5 Å². The van der Waals surface area contributed by atoms with Crippen LogP contribution in [0.15, 0.2) is 12.1 Å². The Morgan fingerprint density at radius 1 is 1.30 bits per heavy atom. The highest BCUT2D eigenvalue weighted by Gasteiger charge is 2.13. The molecule has 1 amide bonds. The molecule has 1 aromatic heterocycles. The van der Waals surface area contributed by atoms with Crippen molar-refractivity contribution in [2.75, 3.05) is 56.7 Å². The molecule has 0 aromatic carbocycles. The van der Waals surface area contributed by atoms with E-state index in [9.17, 15) is 4.79 Å². The molecule has 1 aliphatic rings. The average Bonchev–Trinajstić information content (AvgIpc) is 2.73. The number of amides is 1. The highest BCUT2D eigenvalue weighted by Crippen LogP contribution is 2.23. The Labute approximate surface area is 163 Å². The number of anilines is 2. The number of pyridine rings is 1. The molecule has 1 aliphatic heterocycles. The predicted octanol–water partition coefficient (Wildman–Crippen LogP) is 1.82. The summed E-state index contributed by atoms with van der Waals surface area (Å²) >= 11 is 0. The fourth-order valence-electron chi connectivity index (χ4n) is 2.28. The smallest absolute Gasteiger partial charge is 0.220 e. The van der Waals surface area contributed by atoms with E-state index in [1.807, 2.05) is 39.8 Å². The zero-order chi connectivity index (χ0) is 20.5. The van der Waals surface area contributed by atoms with Crippen molar-refractivity contribution in [3.63, 3.8) is 0 Å². The van der Waals surface area contributed by atoms with E-state index in [1.54, 1.807) is 0 Å². The fourth-order valence-corrected chi connectivity index (χ4v) is 2.28. The fraction of sp³-hybridized carbons (Fsp3) is 0.684. The van der Waals surface area contributed by atoms with Crippen molar-refractivity contribution in [1.29, 1.82) is 0 Å². The number of nitrogens with one attached hydrogen (secondary N) is 1. The lowest BCUT2D eigenvalue weighted by Gasteiger charge is -2.29. The van der Waals surface area contributed by atoms with Gasteiger partial charge in [-0.3, -0.25) is 4.79 Å². The molecule has 0 spiro atoms. The van der Waals surface area contributed by atoms with E-state index >= 15 is 0 Å². The lowest BCUT2D eigenvalue weighted by Crippen LogP contribution is -2.36. The van der Waals surface area contributed by atoms with Gasteiger partial charge in [0, 0.05) is 43.9 Å². The second kappa shape index (κ2) is 16.1. The monoisotopic (exact) mass is 384 g/mol. The lowest BCUT2D eigenvalue weighted by atomic mass is 10.3. The summed E-state index contributed by atoms with van der Waals surface area (Å²) in [6.45, 7) is 11.6. The Hall–Kier alpha value is -2.06. The maximum atomic E-state index is 11.4. The third kappa shape index (κ3) is 10.6. The summed E-state index contributed by atoms with van der Waals surface area (Å²) in [4.78, 5) is 17.7. The number of hydrogen-bond acceptors (Lipinski definition) is 7. The first-order valence-electron chi connectivity index (χ1n) is 9.79. The van der Waals surface area contributed by atoms with Crippen LogP contribution in [-0.4, -0.2) is 62.1 Å². The predicted molar refractivity (Wildman–Crippen MR) is 109 cm³/mol. The standard InChI is InChI=1S/C15H24N4O4.2C2H6/c16-13-10-12(19-4-8-22-9-5-19)11-15(18-13)23-7-1-2-14(21)17-3-6-20;2*1-2/h10-11,20H,1-9H2,(H2,16,18)(H,17,21);2*1-2H3. The van der Waals surface area contributed by atoms with E-state index in [0.717, 1.165) is 18.8 Å². The van der Waals surface area contributed by atoms with Crippen molar-refractivity contribution in [3.8, 4) is 5.88 Å². The minimum atomic E-state index is -0.0998. The first-order chi connectivity index (χ1) is 13.2. The molecule has 0 radical (unpaired) electrons. The van der Waals surface area contributed by atoms with Crippen molar-refractivity contribution >= 4 is 17.4 Å². The second-order valence-corrected chi connectivity index (χ2v) is 5.21. The van der Waals surface area contributed by atoms with Crippen LogP contribution in [0.5, 0.6) is 5.88 Å². The number of ether oxygens (including phenoxy) is 2. The number of nitrogen functional groups attached to an aromatic ring is 1. The number of nitrogens with two attached hydrogens (primary N) is 1. The van der Waals surface area contributed by atoms with Crippen molar-refractivity contribution < 1.29 is 19.4 Å². The Morgan fingerprint density at radius 3 is 2.59 bits per heavy atom. The van der Waals surface area contributed by atoms with Gasteiger partial charge in [-0.25, -0.2) is 0 Å². The first-order valence-corrected chi connectivity index (χ1v) is 9.79. The first kappa shape index (κ1) is 24.9. The number of nitrogens with zero attached hydrogens (tertiary/aromatic N) is 2. The molecule has 1 aromatic rings. The van der Waals surface area contributed by atoms with Crippen LogP contribution in [-0.2, 0) is 9.53 Å². The van der Waals surface area contributed by atoms with Gasteiger partial charge in [-0.15, -0.1) is 0 Å². The summed E-state index contributed by atoms with van der Waals surface area (Å²) in [7, 11) is 0. The molecule has 8 heteroatoms. The summed E-state index contributed by atoms with van der Waals surface area (Å²) in [5, 5.41) is 11.2. The summed E-state index contributed by atoms with van der Waals surface area (Å²) in [5.41, 5.74) is 6.81. The molecule has 1 saturated heterocycles.